The Morgan fingerprint density at radius 3 is 2.50 bits per heavy atom. The maximum atomic E-state index is 13.5. The second-order valence-corrected chi connectivity index (χ2v) is 13.3. The molecule has 8 unspecified atom stereocenters. The van der Waals surface area contributed by atoms with E-state index in [9.17, 15) is 14.7 Å². The van der Waals surface area contributed by atoms with Gasteiger partial charge in [-0.15, -0.1) is 0 Å². The van der Waals surface area contributed by atoms with Crippen LogP contribution in [0.3, 0.4) is 0 Å². The summed E-state index contributed by atoms with van der Waals surface area (Å²) >= 11 is 0. The van der Waals surface area contributed by atoms with E-state index in [1.165, 1.54) is 25.7 Å². The molecule has 3 aliphatic carbocycles. The molecule has 8 atom stereocenters. The molecule has 5 nitrogen and oxygen atoms in total. The summed E-state index contributed by atoms with van der Waals surface area (Å²) < 4.78 is 6.26. The molecule has 0 aromatic carbocycles. The van der Waals surface area contributed by atoms with Gasteiger partial charge < -0.3 is 14.7 Å². The first-order valence-electron chi connectivity index (χ1n) is 15.5. The van der Waals surface area contributed by atoms with Gasteiger partial charge in [0.05, 0.1) is 12.0 Å². The Bertz CT molecular complexity index is 740. The van der Waals surface area contributed by atoms with Crippen molar-refractivity contribution in [3.05, 3.63) is 0 Å². The molecule has 4 aliphatic rings. The van der Waals surface area contributed by atoms with E-state index in [2.05, 4.69) is 25.7 Å². The minimum atomic E-state index is -0.119. The highest BCUT2D eigenvalue weighted by molar-refractivity contribution is 5.78. The molecule has 1 saturated heterocycles. The fourth-order valence-electron chi connectivity index (χ4n) is 8.16. The van der Waals surface area contributed by atoms with E-state index in [4.69, 9.17) is 4.74 Å². The Kier molecular flexibility index (Phi) is 9.80. The van der Waals surface area contributed by atoms with Gasteiger partial charge in [0.25, 0.3) is 0 Å². The zero-order valence-electron chi connectivity index (χ0n) is 23.4. The van der Waals surface area contributed by atoms with Gasteiger partial charge in [0.2, 0.25) is 5.91 Å². The smallest absolute Gasteiger partial charge is 0.309 e. The molecular formula is C31H53NO4. The van der Waals surface area contributed by atoms with E-state index in [1.54, 1.807) is 0 Å². The Morgan fingerprint density at radius 2 is 1.89 bits per heavy atom. The zero-order valence-corrected chi connectivity index (χ0v) is 23.4. The van der Waals surface area contributed by atoms with Crippen LogP contribution in [0.15, 0.2) is 0 Å². The number of hydrogen-bond acceptors (Lipinski definition) is 4. The largest absolute Gasteiger partial charge is 0.462 e. The van der Waals surface area contributed by atoms with E-state index in [1.807, 2.05) is 0 Å². The van der Waals surface area contributed by atoms with Crippen LogP contribution in [-0.2, 0) is 14.3 Å². The minimum Gasteiger partial charge on any atom is -0.462 e. The average Bonchev–Trinajstić information content (AvgIpc) is 3.54. The van der Waals surface area contributed by atoms with Gasteiger partial charge in [-0.05, 0) is 88.4 Å². The van der Waals surface area contributed by atoms with Crippen LogP contribution in [-0.4, -0.2) is 46.7 Å². The Morgan fingerprint density at radius 1 is 1.11 bits per heavy atom. The van der Waals surface area contributed by atoms with Crippen LogP contribution in [0.2, 0.25) is 0 Å². The maximum Gasteiger partial charge on any atom is 0.309 e. The average molecular weight is 504 g/mol. The van der Waals surface area contributed by atoms with Gasteiger partial charge in [0.1, 0.15) is 6.10 Å². The first-order valence-corrected chi connectivity index (χ1v) is 15.5. The third-order valence-electron chi connectivity index (χ3n) is 10.6. The van der Waals surface area contributed by atoms with Crippen LogP contribution >= 0.6 is 0 Å². The van der Waals surface area contributed by atoms with Gasteiger partial charge in [0.15, 0.2) is 0 Å². The molecule has 0 spiro atoms. The molecule has 1 heterocycles. The van der Waals surface area contributed by atoms with Crippen molar-refractivity contribution in [1.82, 2.24) is 4.90 Å². The molecule has 5 heteroatoms. The first-order chi connectivity index (χ1) is 17.3. The summed E-state index contributed by atoms with van der Waals surface area (Å²) in [5, 5.41) is 10.1. The van der Waals surface area contributed by atoms with Crippen molar-refractivity contribution in [3.63, 3.8) is 0 Å². The summed E-state index contributed by atoms with van der Waals surface area (Å²) in [7, 11) is 0. The summed E-state index contributed by atoms with van der Waals surface area (Å²) in [5.41, 5.74) is 0.199. The number of nitrogens with zero attached hydrogens (tertiary/aromatic N) is 1. The monoisotopic (exact) mass is 503 g/mol. The van der Waals surface area contributed by atoms with Gasteiger partial charge in [-0.25, -0.2) is 0 Å². The fourth-order valence-corrected chi connectivity index (χ4v) is 8.16. The molecule has 206 valence electrons. The quantitative estimate of drug-likeness (QED) is 0.286. The molecule has 2 bridgehead atoms. The number of fused-ring (bicyclic) bond motifs is 2. The van der Waals surface area contributed by atoms with E-state index in [0.29, 0.717) is 30.2 Å². The van der Waals surface area contributed by atoms with Crippen molar-refractivity contribution in [2.75, 3.05) is 6.54 Å². The highest BCUT2D eigenvalue weighted by atomic mass is 16.5. The first kappa shape index (κ1) is 27.9. The molecule has 3 saturated carbocycles. The second kappa shape index (κ2) is 12.6. The van der Waals surface area contributed by atoms with E-state index < -0.39 is 0 Å². The molecule has 0 radical (unpaired) electrons. The minimum absolute atomic E-state index is 0.0244. The molecule has 1 amide bonds. The number of amides is 1. The van der Waals surface area contributed by atoms with Crippen molar-refractivity contribution in [2.45, 2.75) is 148 Å². The Labute approximate surface area is 220 Å². The number of esters is 1. The predicted octanol–water partition coefficient (Wildman–Crippen LogP) is 6.65. The lowest BCUT2D eigenvalue weighted by Gasteiger charge is -2.33. The number of carbonyl (C=O) groups excluding carboxylic acids is 2. The maximum absolute atomic E-state index is 13.5. The third kappa shape index (κ3) is 6.85. The third-order valence-corrected chi connectivity index (χ3v) is 10.6. The zero-order chi connectivity index (χ0) is 25.7. The summed E-state index contributed by atoms with van der Waals surface area (Å²) in [6.45, 7) is 7.75. The predicted molar refractivity (Wildman–Crippen MR) is 143 cm³/mol. The highest BCUT2D eigenvalue weighted by Crippen LogP contribution is 2.55. The molecule has 0 aromatic heterocycles. The molecule has 36 heavy (non-hydrogen) atoms. The number of rotatable bonds is 13. The van der Waals surface area contributed by atoms with Crippen LogP contribution in [0.5, 0.6) is 0 Å². The summed E-state index contributed by atoms with van der Waals surface area (Å²) in [5.74, 6) is 2.30. The van der Waals surface area contributed by atoms with Crippen LogP contribution < -0.4 is 0 Å². The lowest BCUT2D eigenvalue weighted by Crippen LogP contribution is -2.36. The topological polar surface area (TPSA) is 66.8 Å². The van der Waals surface area contributed by atoms with Crippen LogP contribution in [0, 0.1) is 29.1 Å². The Hall–Kier alpha value is -1.10. The van der Waals surface area contributed by atoms with Gasteiger partial charge in [-0.2, -0.15) is 0 Å². The number of carbonyl (C=O) groups is 2. The number of aliphatic hydroxyl groups is 1. The lowest BCUT2D eigenvalue weighted by molar-refractivity contribution is -0.160. The molecule has 0 aromatic rings. The number of likely N-dealkylation sites (tertiary alicyclic amines) is 1. The molecular weight excluding hydrogens is 450 g/mol. The van der Waals surface area contributed by atoms with Crippen molar-refractivity contribution in [2.24, 2.45) is 29.1 Å². The van der Waals surface area contributed by atoms with Crippen molar-refractivity contribution < 1.29 is 19.4 Å². The normalized spacial score (nSPS) is 34.7. The van der Waals surface area contributed by atoms with Gasteiger partial charge in [-0.1, -0.05) is 52.9 Å². The summed E-state index contributed by atoms with van der Waals surface area (Å²) in [6, 6.07) is 0.318. The standard InChI is InChI=1S/C31H53NO4/c1-4-26(32-18-8-15-29(32)34)13-6-11-24(10-5-9-22(2)25-12-7-14-27(33)20-25)30(35)36-28-19-23-16-17-31(28,3)21-23/h22-28,33H,4-21H2,1-3H3. The van der Waals surface area contributed by atoms with Crippen molar-refractivity contribution in [3.8, 4) is 0 Å². The number of aliphatic hydroxyl groups excluding tert-OH is 1. The summed E-state index contributed by atoms with van der Waals surface area (Å²) in [6.07, 6.45) is 17.7. The van der Waals surface area contributed by atoms with Crippen molar-refractivity contribution in [1.29, 1.82) is 0 Å². The SMILES string of the molecule is CCC(CCCC(CCCC(C)C1CCCC(O)C1)C(=O)OC1CC2CCC1(C)C2)N1CCCC1=O. The van der Waals surface area contributed by atoms with Crippen LogP contribution in [0.4, 0.5) is 0 Å². The number of ether oxygens (including phenoxy) is 1. The van der Waals surface area contributed by atoms with Gasteiger partial charge in [-0.3, -0.25) is 9.59 Å². The van der Waals surface area contributed by atoms with Gasteiger partial charge >= 0.3 is 5.97 Å². The second-order valence-electron chi connectivity index (χ2n) is 13.3. The highest BCUT2D eigenvalue weighted by Gasteiger charge is 2.51. The van der Waals surface area contributed by atoms with E-state index in [0.717, 1.165) is 89.5 Å². The van der Waals surface area contributed by atoms with Gasteiger partial charge in [0, 0.05) is 24.4 Å². The van der Waals surface area contributed by atoms with Crippen LogP contribution in [0.25, 0.3) is 0 Å². The van der Waals surface area contributed by atoms with E-state index >= 15 is 0 Å². The van der Waals surface area contributed by atoms with E-state index in [-0.39, 0.29) is 29.5 Å². The lowest BCUT2D eigenvalue weighted by atomic mass is 9.77. The number of hydrogen-bond donors (Lipinski definition) is 1. The molecule has 1 N–H and O–H groups in total. The summed E-state index contributed by atoms with van der Waals surface area (Å²) in [4.78, 5) is 27.8. The fraction of sp³-hybridized carbons (Fsp3) is 0.935. The van der Waals surface area contributed by atoms with Crippen LogP contribution in [0.1, 0.15) is 130 Å². The molecule has 1 aliphatic heterocycles. The van der Waals surface area contributed by atoms with Crippen molar-refractivity contribution >= 4 is 11.9 Å². The Balaban J connectivity index is 1.29. The molecule has 4 fully saturated rings. The molecule has 4 rings (SSSR count).